The molecule has 31 heavy (non-hydrogen) atoms. The Morgan fingerprint density at radius 3 is 2.71 bits per heavy atom. The Kier molecular flexibility index (Phi) is 7.23. The molecule has 0 amide bonds. The number of piperazine rings is 1. The van der Waals surface area contributed by atoms with Gasteiger partial charge in [-0.25, -0.2) is 0 Å². The molecule has 1 aromatic rings. The number of amidine groups is 1. The first-order chi connectivity index (χ1) is 14.8. The van der Waals surface area contributed by atoms with Gasteiger partial charge in [-0.15, -0.1) is 0 Å². The highest BCUT2D eigenvalue weighted by atomic mass is 16.5. The number of nitrogen functional groups attached to an aromatic ring is 1. The van der Waals surface area contributed by atoms with Crippen LogP contribution in [0.25, 0.3) is 0 Å². The van der Waals surface area contributed by atoms with Crippen molar-refractivity contribution in [2.75, 3.05) is 52.7 Å². The maximum Gasteiger partial charge on any atom is 0.125 e. The number of nitrogens with one attached hydrogen (secondary N) is 1. The highest BCUT2D eigenvalue weighted by Crippen LogP contribution is 2.40. The van der Waals surface area contributed by atoms with Gasteiger partial charge in [0.2, 0.25) is 0 Å². The van der Waals surface area contributed by atoms with Crippen molar-refractivity contribution < 1.29 is 9.47 Å². The summed E-state index contributed by atoms with van der Waals surface area (Å²) in [4.78, 5) is 9.06. The minimum absolute atomic E-state index is 0.0961. The van der Waals surface area contributed by atoms with E-state index in [4.69, 9.17) is 26.4 Å². The normalized spacial score (nSPS) is 21.8. The van der Waals surface area contributed by atoms with E-state index >= 15 is 0 Å². The molecule has 1 aliphatic carbocycles. The van der Waals surface area contributed by atoms with E-state index in [1.807, 2.05) is 6.07 Å². The fraction of sp³-hybridized carbons (Fsp3) is 0.565. The summed E-state index contributed by atoms with van der Waals surface area (Å²) < 4.78 is 11.2. The molecule has 0 spiro atoms. The molecule has 170 valence electrons. The standard InChI is InChI=1S/C23H36N6O2/c1-16-15-29(10-9-28(16)11-12-30-4)21(27-3)14-20(25)22(26)18-13-17(5-6-19(18)24)31-23(2)7-8-23/h5-6,13-14,16,26H,7-12,15,24-25H2,1-4H3/b20-14-,26-22?,27-21+/t16-/m1/s1. The molecule has 0 unspecified atom stereocenters. The summed E-state index contributed by atoms with van der Waals surface area (Å²) in [6.07, 6.45) is 3.86. The smallest absolute Gasteiger partial charge is 0.125 e. The molecule has 0 radical (unpaired) electrons. The molecule has 1 saturated heterocycles. The van der Waals surface area contributed by atoms with Crippen molar-refractivity contribution >= 4 is 17.2 Å². The molecule has 8 nitrogen and oxygen atoms in total. The Bertz CT molecular complexity index is 862. The second kappa shape index (κ2) is 9.70. The van der Waals surface area contributed by atoms with Gasteiger partial charge in [-0.1, -0.05) is 0 Å². The first-order valence-corrected chi connectivity index (χ1v) is 10.9. The van der Waals surface area contributed by atoms with Gasteiger partial charge >= 0.3 is 0 Å². The molecule has 2 aliphatic rings. The molecule has 8 heteroatoms. The zero-order valence-corrected chi connectivity index (χ0v) is 19.1. The molecular formula is C23H36N6O2. The largest absolute Gasteiger partial charge is 0.488 e. The Hall–Kier alpha value is -2.58. The van der Waals surface area contributed by atoms with Crippen molar-refractivity contribution in [3.05, 3.63) is 35.5 Å². The third-order valence-corrected chi connectivity index (χ3v) is 6.09. The fourth-order valence-electron chi connectivity index (χ4n) is 3.79. The molecular weight excluding hydrogens is 392 g/mol. The molecule has 1 saturated carbocycles. The van der Waals surface area contributed by atoms with Gasteiger partial charge in [0.15, 0.2) is 0 Å². The van der Waals surface area contributed by atoms with Crippen LogP contribution in [0.15, 0.2) is 35.0 Å². The van der Waals surface area contributed by atoms with Crippen LogP contribution in [0.2, 0.25) is 0 Å². The number of benzene rings is 1. The van der Waals surface area contributed by atoms with Crippen LogP contribution >= 0.6 is 0 Å². The Morgan fingerprint density at radius 1 is 1.35 bits per heavy atom. The van der Waals surface area contributed by atoms with E-state index in [0.29, 0.717) is 28.7 Å². The van der Waals surface area contributed by atoms with Gasteiger partial charge in [-0.3, -0.25) is 15.3 Å². The lowest BCUT2D eigenvalue weighted by molar-refractivity contribution is 0.0844. The molecule has 1 atom stereocenters. The average Bonchev–Trinajstić information content (AvgIpc) is 3.48. The van der Waals surface area contributed by atoms with Crippen LogP contribution < -0.4 is 16.2 Å². The Labute approximate surface area is 185 Å². The molecule has 0 aromatic heterocycles. The van der Waals surface area contributed by atoms with Crippen molar-refractivity contribution in [3.63, 3.8) is 0 Å². The van der Waals surface area contributed by atoms with Gasteiger partial charge in [0, 0.05) is 63.7 Å². The van der Waals surface area contributed by atoms with E-state index in [2.05, 4.69) is 28.6 Å². The van der Waals surface area contributed by atoms with Gasteiger partial charge in [-0.05, 0) is 44.9 Å². The monoisotopic (exact) mass is 428 g/mol. The average molecular weight is 429 g/mol. The van der Waals surface area contributed by atoms with Gasteiger partial charge < -0.3 is 25.8 Å². The van der Waals surface area contributed by atoms with Gasteiger partial charge in [0.05, 0.1) is 18.0 Å². The summed E-state index contributed by atoms with van der Waals surface area (Å²) in [6.45, 7) is 8.56. The van der Waals surface area contributed by atoms with Crippen LogP contribution in [-0.2, 0) is 4.74 Å². The maximum absolute atomic E-state index is 8.63. The number of hydrogen-bond donors (Lipinski definition) is 3. The van der Waals surface area contributed by atoms with Crippen molar-refractivity contribution in [1.82, 2.24) is 9.80 Å². The highest BCUT2D eigenvalue weighted by molar-refractivity contribution is 6.15. The number of hydrogen-bond acceptors (Lipinski definition) is 7. The van der Waals surface area contributed by atoms with Gasteiger partial charge in [0.1, 0.15) is 17.2 Å². The van der Waals surface area contributed by atoms with E-state index in [0.717, 1.165) is 51.5 Å². The lowest BCUT2D eigenvalue weighted by Gasteiger charge is -2.40. The summed E-state index contributed by atoms with van der Waals surface area (Å²) in [5.41, 5.74) is 14.0. The van der Waals surface area contributed by atoms with Crippen molar-refractivity contribution in [3.8, 4) is 5.75 Å². The predicted molar refractivity (Wildman–Crippen MR) is 126 cm³/mol. The van der Waals surface area contributed by atoms with Crippen molar-refractivity contribution in [2.45, 2.75) is 38.3 Å². The lowest BCUT2D eigenvalue weighted by atomic mass is 10.0. The topological polar surface area (TPSA) is 113 Å². The molecule has 5 N–H and O–H groups in total. The summed E-state index contributed by atoms with van der Waals surface area (Å²) in [5, 5.41) is 8.63. The molecule has 1 heterocycles. The fourth-order valence-corrected chi connectivity index (χ4v) is 3.79. The maximum atomic E-state index is 8.63. The first-order valence-electron chi connectivity index (χ1n) is 10.9. The number of nitrogens with zero attached hydrogens (tertiary/aromatic N) is 3. The minimum atomic E-state index is -0.0961. The zero-order chi connectivity index (χ0) is 22.6. The Morgan fingerprint density at radius 2 is 2.10 bits per heavy atom. The van der Waals surface area contributed by atoms with Gasteiger partial charge in [-0.2, -0.15) is 0 Å². The number of methoxy groups -OCH3 is 1. The zero-order valence-electron chi connectivity index (χ0n) is 19.1. The number of nitrogens with two attached hydrogens (primary N) is 2. The predicted octanol–water partition coefficient (Wildman–Crippen LogP) is 2.09. The van der Waals surface area contributed by atoms with Crippen LogP contribution in [0.5, 0.6) is 5.75 Å². The molecule has 0 bridgehead atoms. The van der Waals surface area contributed by atoms with Crippen molar-refractivity contribution in [1.29, 1.82) is 5.41 Å². The second-order valence-electron chi connectivity index (χ2n) is 8.68. The number of anilines is 1. The Balaban J connectivity index is 1.71. The lowest BCUT2D eigenvalue weighted by Crippen LogP contribution is -2.54. The minimum Gasteiger partial charge on any atom is -0.488 e. The number of allylic oxidation sites excluding steroid dienone is 1. The van der Waals surface area contributed by atoms with Crippen LogP contribution in [0.4, 0.5) is 5.69 Å². The van der Waals surface area contributed by atoms with E-state index in [1.165, 1.54) is 0 Å². The molecule has 3 rings (SSSR count). The van der Waals surface area contributed by atoms with E-state index < -0.39 is 0 Å². The third-order valence-electron chi connectivity index (χ3n) is 6.09. The number of ether oxygens (including phenoxy) is 2. The summed E-state index contributed by atoms with van der Waals surface area (Å²) in [7, 11) is 3.48. The van der Waals surface area contributed by atoms with Crippen molar-refractivity contribution in [2.24, 2.45) is 10.7 Å². The third kappa shape index (κ3) is 5.77. The van der Waals surface area contributed by atoms with E-state index in [9.17, 15) is 0 Å². The van der Waals surface area contributed by atoms with Crippen LogP contribution in [0.1, 0.15) is 32.3 Å². The number of rotatable bonds is 8. The van der Waals surface area contributed by atoms with Crippen LogP contribution in [-0.4, -0.2) is 79.9 Å². The number of aliphatic imine (C=N–C) groups is 1. The summed E-state index contributed by atoms with van der Waals surface area (Å²) in [5.74, 6) is 1.49. The molecule has 1 aromatic carbocycles. The molecule has 1 aliphatic heterocycles. The van der Waals surface area contributed by atoms with E-state index in [1.54, 1.807) is 32.4 Å². The van der Waals surface area contributed by atoms with Crippen LogP contribution in [0, 0.1) is 5.41 Å². The van der Waals surface area contributed by atoms with E-state index in [-0.39, 0.29) is 11.3 Å². The highest BCUT2D eigenvalue weighted by Gasteiger charge is 2.40. The SMILES string of the molecule is C/N=C(\C=C(/N)C(=N)c1cc(OC2(C)CC2)ccc1N)N1CCN(CCOC)[C@H](C)C1. The quantitative estimate of drug-likeness (QED) is 0.332. The van der Waals surface area contributed by atoms with Gasteiger partial charge in [0.25, 0.3) is 0 Å². The first kappa shape index (κ1) is 23.1. The second-order valence-corrected chi connectivity index (χ2v) is 8.68. The summed E-state index contributed by atoms with van der Waals surface area (Å²) >= 11 is 0. The van der Waals surface area contributed by atoms with Crippen LogP contribution in [0.3, 0.4) is 0 Å². The molecule has 2 fully saturated rings. The summed E-state index contributed by atoms with van der Waals surface area (Å²) in [6, 6.07) is 5.80.